The van der Waals surface area contributed by atoms with E-state index in [1.807, 2.05) is 0 Å². The number of carbonyl (C=O) groups is 2. The first-order valence-corrected chi connectivity index (χ1v) is 16.8. The third kappa shape index (κ3) is 5.97. The fourth-order valence-electron chi connectivity index (χ4n) is 9.24. The summed E-state index contributed by atoms with van der Waals surface area (Å²) in [5.41, 5.74) is 1.30. The van der Waals surface area contributed by atoms with Gasteiger partial charge in [0.05, 0.1) is 12.1 Å². The highest BCUT2D eigenvalue weighted by atomic mass is 16.5. The lowest BCUT2D eigenvalue weighted by Gasteiger charge is -2.50. The summed E-state index contributed by atoms with van der Waals surface area (Å²) in [6.45, 7) is 17.0. The highest BCUT2D eigenvalue weighted by Crippen LogP contribution is 2.49. The molecular formula is C35H54N4O3. The summed E-state index contributed by atoms with van der Waals surface area (Å²) in [5, 5.41) is 0. The van der Waals surface area contributed by atoms with E-state index in [-0.39, 0.29) is 23.0 Å². The summed E-state index contributed by atoms with van der Waals surface area (Å²) in [5.74, 6) is 1.57. The maximum Gasteiger partial charge on any atom is 0.320 e. The van der Waals surface area contributed by atoms with E-state index in [1.54, 1.807) is 0 Å². The molecule has 3 amide bonds. The van der Waals surface area contributed by atoms with Crippen LogP contribution in [-0.4, -0.2) is 101 Å². The predicted octanol–water partition coefficient (Wildman–Crippen LogP) is 5.60. The molecule has 42 heavy (non-hydrogen) atoms. The highest BCUT2D eigenvalue weighted by molar-refractivity contribution is 5.79. The molecule has 7 heteroatoms. The smallest absolute Gasteiger partial charge is 0.320 e. The molecule has 1 aromatic rings. The van der Waals surface area contributed by atoms with Gasteiger partial charge in [-0.1, -0.05) is 51.1 Å². The molecule has 2 bridgehead atoms. The lowest BCUT2D eigenvalue weighted by atomic mass is 9.80. The second-order valence-electron chi connectivity index (χ2n) is 15.7. The average molecular weight is 579 g/mol. The van der Waals surface area contributed by atoms with Crippen molar-refractivity contribution in [1.82, 2.24) is 19.6 Å². The molecule has 7 nitrogen and oxygen atoms in total. The highest BCUT2D eigenvalue weighted by Gasteiger charge is 2.58. The van der Waals surface area contributed by atoms with Crippen LogP contribution in [0.2, 0.25) is 0 Å². The van der Waals surface area contributed by atoms with E-state index in [0.29, 0.717) is 42.2 Å². The molecule has 5 heterocycles. The molecule has 6 rings (SSSR count). The van der Waals surface area contributed by atoms with Crippen molar-refractivity contribution in [2.75, 3.05) is 45.9 Å². The van der Waals surface area contributed by atoms with Crippen LogP contribution < -0.4 is 0 Å². The number of amides is 3. The number of benzene rings is 1. The van der Waals surface area contributed by atoms with Crippen LogP contribution in [0.3, 0.4) is 0 Å². The van der Waals surface area contributed by atoms with Gasteiger partial charge in [-0.25, -0.2) is 4.79 Å². The first kappa shape index (κ1) is 29.9. The second kappa shape index (κ2) is 11.8. The van der Waals surface area contributed by atoms with Crippen LogP contribution in [0.4, 0.5) is 4.79 Å². The van der Waals surface area contributed by atoms with Crippen molar-refractivity contribution < 1.29 is 14.3 Å². The van der Waals surface area contributed by atoms with Gasteiger partial charge in [0.25, 0.3) is 0 Å². The Kier molecular flexibility index (Phi) is 8.38. The molecule has 1 aromatic carbocycles. The van der Waals surface area contributed by atoms with Gasteiger partial charge in [0, 0.05) is 75.7 Å². The van der Waals surface area contributed by atoms with Crippen LogP contribution in [0.25, 0.3) is 0 Å². The number of hydrogen-bond donors (Lipinski definition) is 0. The third-order valence-corrected chi connectivity index (χ3v) is 10.9. The number of carbonyl (C=O) groups excluding carboxylic acids is 2. The Hall–Kier alpha value is -2.12. The number of ether oxygens (including phenoxy) is 1. The summed E-state index contributed by atoms with van der Waals surface area (Å²) in [7, 11) is 0. The molecule has 5 aliphatic rings. The zero-order valence-corrected chi connectivity index (χ0v) is 26.8. The van der Waals surface area contributed by atoms with E-state index in [4.69, 9.17) is 4.74 Å². The van der Waals surface area contributed by atoms with Gasteiger partial charge in [0.15, 0.2) is 0 Å². The zero-order chi connectivity index (χ0) is 29.6. The Labute approximate surface area is 253 Å². The summed E-state index contributed by atoms with van der Waals surface area (Å²) in [6.07, 6.45) is 7.45. The summed E-state index contributed by atoms with van der Waals surface area (Å²) in [4.78, 5) is 36.6. The van der Waals surface area contributed by atoms with Crippen LogP contribution in [0, 0.1) is 17.3 Å². The van der Waals surface area contributed by atoms with Crippen molar-refractivity contribution in [2.24, 2.45) is 17.3 Å². The SMILES string of the molecule is CC(C)N1C(=O)N(CC2CCCOC2)CC12CC1CCC(C2)N1C[C@H]1CN(C(=O)CC(C)(C)C)C[C@@H]1c1ccccc1. The van der Waals surface area contributed by atoms with Crippen LogP contribution in [0.15, 0.2) is 30.3 Å². The summed E-state index contributed by atoms with van der Waals surface area (Å²) >= 11 is 0. The summed E-state index contributed by atoms with van der Waals surface area (Å²) in [6, 6.07) is 12.4. The van der Waals surface area contributed by atoms with Crippen molar-refractivity contribution in [3.8, 4) is 0 Å². The molecule has 0 saturated carbocycles. The fraction of sp³-hybridized carbons (Fsp3) is 0.771. The minimum Gasteiger partial charge on any atom is -0.381 e. The number of fused-ring (bicyclic) bond motifs is 2. The third-order valence-electron chi connectivity index (χ3n) is 10.9. The Morgan fingerprint density at radius 2 is 1.74 bits per heavy atom. The van der Waals surface area contributed by atoms with Gasteiger partial charge >= 0.3 is 6.03 Å². The van der Waals surface area contributed by atoms with Crippen LogP contribution in [-0.2, 0) is 9.53 Å². The van der Waals surface area contributed by atoms with Gasteiger partial charge in [-0.2, -0.15) is 0 Å². The van der Waals surface area contributed by atoms with Gasteiger partial charge in [-0.3, -0.25) is 9.69 Å². The largest absolute Gasteiger partial charge is 0.381 e. The molecule has 5 saturated heterocycles. The van der Waals surface area contributed by atoms with E-state index in [9.17, 15) is 9.59 Å². The Bertz CT molecular complexity index is 1100. The normalized spacial score (nSPS) is 33.9. The van der Waals surface area contributed by atoms with E-state index >= 15 is 0 Å². The van der Waals surface area contributed by atoms with E-state index < -0.39 is 0 Å². The first-order valence-electron chi connectivity index (χ1n) is 16.8. The van der Waals surface area contributed by atoms with E-state index in [0.717, 1.165) is 71.6 Å². The molecule has 3 unspecified atom stereocenters. The van der Waals surface area contributed by atoms with Crippen LogP contribution in [0.5, 0.6) is 0 Å². The molecular weight excluding hydrogens is 524 g/mol. The van der Waals surface area contributed by atoms with Gasteiger partial charge in [-0.15, -0.1) is 0 Å². The lowest BCUT2D eigenvalue weighted by molar-refractivity contribution is -0.132. The van der Waals surface area contributed by atoms with Crippen LogP contribution in [0.1, 0.15) is 91.0 Å². The van der Waals surface area contributed by atoms with E-state index in [2.05, 4.69) is 84.6 Å². The predicted molar refractivity (Wildman–Crippen MR) is 166 cm³/mol. The molecule has 0 aliphatic carbocycles. The number of rotatable bonds is 7. The van der Waals surface area contributed by atoms with Gasteiger partial charge in [0.2, 0.25) is 5.91 Å². The lowest BCUT2D eigenvalue weighted by Crippen LogP contribution is -2.60. The molecule has 232 valence electrons. The van der Waals surface area contributed by atoms with E-state index in [1.165, 1.54) is 18.4 Å². The van der Waals surface area contributed by atoms with Crippen molar-refractivity contribution in [2.45, 2.75) is 109 Å². The van der Waals surface area contributed by atoms with Gasteiger partial charge in [0.1, 0.15) is 0 Å². The molecule has 0 N–H and O–H groups in total. The molecule has 0 aromatic heterocycles. The molecule has 5 atom stereocenters. The molecule has 5 fully saturated rings. The molecule has 5 aliphatic heterocycles. The minimum atomic E-state index is -0.0632. The maximum absolute atomic E-state index is 13.8. The van der Waals surface area contributed by atoms with Gasteiger partial charge < -0.3 is 19.4 Å². The van der Waals surface area contributed by atoms with Gasteiger partial charge in [-0.05, 0) is 69.3 Å². The second-order valence-corrected chi connectivity index (χ2v) is 15.7. The first-order chi connectivity index (χ1) is 20.0. The van der Waals surface area contributed by atoms with Crippen LogP contribution >= 0.6 is 0 Å². The van der Waals surface area contributed by atoms with Crippen molar-refractivity contribution in [3.05, 3.63) is 35.9 Å². The van der Waals surface area contributed by atoms with Crippen molar-refractivity contribution in [3.63, 3.8) is 0 Å². The number of urea groups is 1. The van der Waals surface area contributed by atoms with Crippen molar-refractivity contribution >= 4 is 11.9 Å². The minimum absolute atomic E-state index is 0.00337. The number of nitrogens with zero attached hydrogens (tertiary/aromatic N) is 4. The Morgan fingerprint density at radius 1 is 1.02 bits per heavy atom. The number of likely N-dealkylation sites (tertiary alicyclic amines) is 1. The Morgan fingerprint density at radius 3 is 2.36 bits per heavy atom. The average Bonchev–Trinajstić information content (AvgIpc) is 3.55. The topological polar surface area (TPSA) is 56.3 Å². The molecule has 1 spiro atoms. The summed E-state index contributed by atoms with van der Waals surface area (Å²) < 4.78 is 5.76. The van der Waals surface area contributed by atoms with Crippen molar-refractivity contribution in [1.29, 1.82) is 0 Å². The standard InChI is InChI=1S/C35H54N4O3/c1-25(2)39-33(41)37(19-26-10-9-15-42-23-26)24-35(39)16-29-13-14-30(17-35)38(29)21-28-20-36(32(40)18-34(3,4)5)22-31(28)27-11-7-6-8-12-27/h6-8,11-12,25-26,28-31H,9-10,13-24H2,1-5H3/t26?,28-,29?,30?,31-,35?/m1/s1. The fourth-order valence-corrected chi connectivity index (χ4v) is 9.24. The monoisotopic (exact) mass is 578 g/mol. The molecule has 0 radical (unpaired) electrons. The number of hydrogen-bond acceptors (Lipinski definition) is 4. The quantitative estimate of drug-likeness (QED) is 0.423. The maximum atomic E-state index is 13.8. The number of piperidine rings is 1. The Balaban J connectivity index is 1.18. The zero-order valence-electron chi connectivity index (χ0n) is 26.8.